The van der Waals surface area contributed by atoms with Crippen LogP contribution >= 0.6 is 0 Å². The highest BCUT2D eigenvalue weighted by Gasteiger charge is 2.26. The van der Waals surface area contributed by atoms with Crippen LogP contribution in [-0.2, 0) is 0 Å². The van der Waals surface area contributed by atoms with Crippen molar-refractivity contribution in [1.82, 2.24) is 0 Å². The summed E-state index contributed by atoms with van der Waals surface area (Å²) in [5.74, 6) is 0. The predicted molar refractivity (Wildman–Crippen MR) is 70.0 cm³/mol. The standard InChI is InChI=1S/C14H29N/c1-4-7-10-14(13-15,11-8-5-2)12-9-6-3/h4H,1,5-13,15H2,2-3H3. The first-order valence-corrected chi connectivity index (χ1v) is 6.55. The molecule has 15 heavy (non-hydrogen) atoms. The molecule has 0 aromatic rings. The smallest absolute Gasteiger partial charge is 0.00204 e. The first-order chi connectivity index (χ1) is 7.24. The Hall–Kier alpha value is -0.300. The monoisotopic (exact) mass is 211 g/mol. The lowest BCUT2D eigenvalue weighted by molar-refractivity contribution is 0.217. The minimum Gasteiger partial charge on any atom is -0.330 e. The first-order valence-electron chi connectivity index (χ1n) is 6.55. The van der Waals surface area contributed by atoms with Crippen LogP contribution in [0.2, 0.25) is 0 Å². The van der Waals surface area contributed by atoms with Gasteiger partial charge in [0.2, 0.25) is 0 Å². The Bertz CT molecular complexity index is 143. The molecule has 0 aliphatic rings. The van der Waals surface area contributed by atoms with Gasteiger partial charge in [0.05, 0.1) is 0 Å². The van der Waals surface area contributed by atoms with Crippen molar-refractivity contribution in [2.75, 3.05) is 6.54 Å². The molecule has 0 aliphatic carbocycles. The van der Waals surface area contributed by atoms with Gasteiger partial charge < -0.3 is 5.73 Å². The summed E-state index contributed by atoms with van der Waals surface area (Å²) in [5.41, 5.74) is 6.40. The van der Waals surface area contributed by atoms with Crippen LogP contribution in [0.3, 0.4) is 0 Å². The van der Waals surface area contributed by atoms with E-state index in [1.807, 2.05) is 6.08 Å². The predicted octanol–water partition coefficient (Wildman–Crippen LogP) is 4.28. The Morgan fingerprint density at radius 1 is 1.07 bits per heavy atom. The largest absolute Gasteiger partial charge is 0.330 e. The maximum atomic E-state index is 6.00. The third kappa shape index (κ3) is 5.99. The molecule has 0 unspecified atom stereocenters. The number of nitrogens with two attached hydrogens (primary N) is 1. The summed E-state index contributed by atoms with van der Waals surface area (Å²) < 4.78 is 0. The van der Waals surface area contributed by atoms with Crippen LogP contribution in [0.15, 0.2) is 12.7 Å². The summed E-state index contributed by atoms with van der Waals surface area (Å²) in [7, 11) is 0. The van der Waals surface area contributed by atoms with E-state index >= 15 is 0 Å². The highest BCUT2D eigenvalue weighted by Crippen LogP contribution is 2.35. The summed E-state index contributed by atoms with van der Waals surface area (Å²) in [6.07, 6.45) is 12.2. The number of rotatable bonds is 10. The highest BCUT2D eigenvalue weighted by molar-refractivity contribution is 4.83. The summed E-state index contributed by atoms with van der Waals surface area (Å²) >= 11 is 0. The molecular weight excluding hydrogens is 182 g/mol. The van der Waals surface area contributed by atoms with E-state index in [9.17, 15) is 0 Å². The molecule has 0 saturated heterocycles. The summed E-state index contributed by atoms with van der Waals surface area (Å²) in [5, 5.41) is 0. The summed E-state index contributed by atoms with van der Waals surface area (Å²) in [6, 6.07) is 0. The fourth-order valence-electron chi connectivity index (χ4n) is 2.19. The lowest BCUT2D eigenvalue weighted by Gasteiger charge is -2.32. The van der Waals surface area contributed by atoms with Crippen molar-refractivity contribution in [3.8, 4) is 0 Å². The van der Waals surface area contributed by atoms with Gasteiger partial charge in [0.1, 0.15) is 0 Å². The van der Waals surface area contributed by atoms with Crippen molar-refractivity contribution in [3.05, 3.63) is 12.7 Å². The molecule has 0 aromatic carbocycles. The number of unbranched alkanes of at least 4 members (excludes halogenated alkanes) is 2. The molecule has 1 nitrogen and oxygen atoms in total. The molecule has 0 heterocycles. The zero-order chi connectivity index (χ0) is 11.6. The fourth-order valence-corrected chi connectivity index (χ4v) is 2.19. The molecule has 0 atom stereocenters. The average Bonchev–Trinajstić information content (AvgIpc) is 2.29. The lowest BCUT2D eigenvalue weighted by atomic mass is 9.75. The Labute approximate surface area is 96.1 Å². The van der Waals surface area contributed by atoms with Crippen LogP contribution in [0.5, 0.6) is 0 Å². The van der Waals surface area contributed by atoms with Crippen LogP contribution in [-0.4, -0.2) is 6.54 Å². The molecule has 0 saturated carbocycles. The van der Waals surface area contributed by atoms with Gasteiger partial charge in [-0.05, 0) is 37.6 Å². The van der Waals surface area contributed by atoms with E-state index in [4.69, 9.17) is 5.73 Å². The van der Waals surface area contributed by atoms with E-state index < -0.39 is 0 Å². The number of allylic oxidation sites excluding steroid dienone is 1. The molecule has 0 spiro atoms. The molecule has 0 aromatic heterocycles. The third-order valence-corrected chi connectivity index (χ3v) is 3.43. The third-order valence-electron chi connectivity index (χ3n) is 3.43. The van der Waals surface area contributed by atoms with Crippen molar-refractivity contribution < 1.29 is 0 Å². The number of hydrogen-bond donors (Lipinski definition) is 1. The van der Waals surface area contributed by atoms with Crippen molar-refractivity contribution in [2.24, 2.45) is 11.1 Å². The van der Waals surface area contributed by atoms with Gasteiger partial charge in [-0.25, -0.2) is 0 Å². The van der Waals surface area contributed by atoms with Crippen LogP contribution in [0.25, 0.3) is 0 Å². The Morgan fingerprint density at radius 2 is 1.60 bits per heavy atom. The molecule has 0 bridgehead atoms. The summed E-state index contributed by atoms with van der Waals surface area (Å²) in [4.78, 5) is 0. The highest BCUT2D eigenvalue weighted by atomic mass is 14.6. The molecule has 90 valence electrons. The molecule has 1 heteroatoms. The molecule has 0 rings (SSSR count). The van der Waals surface area contributed by atoms with Gasteiger partial charge in [-0.2, -0.15) is 0 Å². The van der Waals surface area contributed by atoms with Crippen molar-refractivity contribution in [2.45, 2.75) is 65.2 Å². The van der Waals surface area contributed by atoms with Crippen LogP contribution < -0.4 is 5.73 Å². The Morgan fingerprint density at radius 3 is 1.93 bits per heavy atom. The summed E-state index contributed by atoms with van der Waals surface area (Å²) in [6.45, 7) is 9.18. The second-order valence-corrected chi connectivity index (χ2v) is 4.74. The lowest BCUT2D eigenvalue weighted by Crippen LogP contribution is -2.30. The van der Waals surface area contributed by atoms with Crippen LogP contribution in [0.1, 0.15) is 65.2 Å². The Kier molecular flexibility index (Phi) is 8.79. The van der Waals surface area contributed by atoms with E-state index in [2.05, 4.69) is 20.4 Å². The van der Waals surface area contributed by atoms with Gasteiger partial charge >= 0.3 is 0 Å². The van der Waals surface area contributed by atoms with Gasteiger partial charge in [0, 0.05) is 0 Å². The molecule has 0 amide bonds. The fraction of sp³-hybridized carbons (Fsp3) is 0.857. The van der Waals surface area contributed by atoms with Crippen LogP contribution in [0, 0.1) is 5.41 Å². The number of hydrogen-bond acceptors (Lipinski definition) is 1. The minimum absolute atomic E-state index is 0.403. The zero-order valence-corrected chi connectivity index (χ0v) is 10.7. The molecule has 0 fully saturated rings. The van der Waals surface area contributed by atoms with E-state index in [0.717, 1.165) is 13.0 Å². The van der Waals surface area contributed by atoms with Gasteiger partial charge in [0.25, 0.3) is 0 Å². The van der Waals surface area contributed by atoms with Gasteiger partial charge in [-0.3, -0.25) is 0 Å². The minimum atomic E-state index is 0.403. The zero-order valence-electron chi connectivity index (χ0n) is 10.7. The first kappa shape index (κ1) is 14.7. The Balaban J connectivity index is 4.22. The van der Waals surface area contributed by atoms with Gasteiger partial charge in [-0.1, -0.05) is 45.6 Å². The van der Waals surface area contributed by atoms with E-state index in [1.54, 1.807) is 0 Å². The maximum Gasteiger partial charge on any atom is -0.00204 e. The van der Waals surface area contributed by atoms with E-state index in [-0.39, 0.29) is 0 Å². The second kappa shape index (κ2) is 8.96. The van der Waals surface area contributed by atoms with Gasteiger partial charge in [-0.15, -0.1) is 6.58 Å². The quantitative estimate of drug-likeness (QED) is 0.536. The molecular formula is C14H29N. The van der Waals surface area contributed by atoms with E-state index in [0.29, 0.717) is 5.41 Å². The molecule has 2 N–H and O–H groups in total. The second-order valence-electron chi connectivity index (χ2n) is 4.74. The average molecular weight is 211 g/mol. The topological polar surface area (TPSA) is 26.0 Å². The molecule has 0 aliphatic heterocycles. The van der Waals surface area contributed by atoms with Crippen molar-refractivity contribution >= 4 is 0 Å². The molecule has 0 radical (unpaired) electrons. The maximum absolute atomic E-state index is 6.00. The normalized spacial score (nSPS) is 11.7. The van der Waals surface area contributed by atoms with Crippen LogP contribution in [0.4, 0.5) is 0 Å². The SMILES string of the molecule is C=CCCC(CN)(CCCC)CCCC. The van der Waals surface area contributed by atoms with Gasteiger partial charge in [0.15, 0.2) is 0 Å². The van der Waals surface area contributed by atoms with Crippen molar-refractivity contribution in [3.63, 3.8) is 0 Å². The van der Waals surface area contributed by atoms with Crippen molar-refractivity contribution in [1.29, 1.82) is 0 Å². The van der Waals surface area contributed by atoms with E-state index in [1.165, 1.54) is 44.9 Å².